The molecule has 0 bridgehead atoms. The summed E-state index contributed by atoms with van der Waals surface area (Å²) < 4.78 is 0. The van der Waals surface area contributed by atoms with Crippen molar-refractivity contribution in [1.29, 1.82) is 0 Å². The van der Waals surface area contributed by atoms with Gasteiger partial charge < -0.3 is 10.2 Å². The molecule has 0 saturated heterocycles. The van der Waals surface area contributed by atoms with Crippen LogP contribution >= 0.6 is 0 Å². The van der Waals surface area contributed by atoms with Crippen LogP contribution in [0.15, 0.2) is 12.1 Å². The summed E-state index contributed by atoms with van der Waals surface area (Å²) in [4.78, 5) is 6.98. The van der Waals surface area contributed by atoms with E-state index in [2.05, 4.69) is 48.1 Å². The maximum absolute atomic E-state index is 4.67. The molecule has 1 N–H and O–H groups in total. The van der Waals surface area contributed by atoms with Crippen LogP contribution in [0.1, 0.15) is 31.5 Å². The highest BCUT2D eigenvalue weighted by atomic mass is 15.2. The molecule has 1 aromatic heterocycles. The largest absolute Gasteiger partial charge is 0.357 e. The first-order valence-electron chi connectivity index (χ1n) is 6.09. The molecule has 0 unspecified atom stereocenters. The van der Waals surface area contributed by atoms with Crippen LogP contribution in [0.2, 0.25) is 0 Å². The zero-order chi connectivity index (χ0) is 12.0. The van der Waals surface area contributed by atoms with Gasteiger partial charge in [-0.05, 0) is 38.9 Å². The van der Waals surface area contributed by atoms with E-state index in [9.17, 15) is 0 Å². The quantitative estimate of drug-likeness (QED) is 0.799. The van der Waals surface area contributed by atoms with Gasteiger partial charge in [-0.2, -0.15) is 0 Å². The predicted octanol–water partition coefficient (Wildman–Crippen LogP) is 2.35. The molecule has 1 heterocycles. The molecule has 0 aliphatic heterocycles. The molecule has 0 aromatic carbocycles. The van der Waals surface area contributed by atoms with Gasteiger partial charge in [0.2, 0.25) is 0 Å². The summed E-state index contributed by atoms with van der Waals surface area (Å²) in [7, 11) is 1.96. The fourth-order valence-corrected chi connectivity index (χ4v) is 1.83. The van der Waals surface area contributed by atoms with E-state index in [1.807, 2.05) is 7.05 Å². The zero-order valence-electron chi connectivity index (χ0n) is 10.9. The second kappa shape index (κ2) is 6.48. The molecule has 0 saturated carbocycles. The van der Waals surface area contributed by atoms with E-state index >= 15 is 0 Å². The van der Waals surface area contributed by atoms with Gasteiger partial charge in [0.05, 0.1) is 0 Å². The average molecular weight is 221 g/mol. The number of nitrogens with one attached hydrogen (secondary N) is 1. The third-order valence-electron chi connectivity index (χ3n) is 2.75. The molecule has 0 amide bonds. The van der Waals surface area contributed by atoms with E-state index in [0.717, 1.165) is 37.6 Å². The molecule has 0 spiro atoms. The van der Waals surface area contributed by atoms with Crippen molar-refractivity contribution >= 4 is 5.82 Å². The summed E-state index contributed by atoms with van der Waals surface area (Å²) in [6.07, 6.45) is 1.16. The second-order valence-electron chi connectivity index (χ2n) is 4.02. The SMILES string of the molecule is CCCN(CC)c1ccc(CNC)c(C)n1. The smallest absolute Gasteiger partial charge is 0.128 e. The highest BCUT2D eigenvalue weighted by molar-refractivity contribution is 5.41. The van der Waals surface area contributed by atoms with Crippen molar-refractivity contribution in [3.63, 3.8) is 0 Å². The lowest BCUT2D eigenvalue weighted by Crippen LogP contribution is -2.24. The van der Waals surface area contributed by atoms with Gasteiger partial charge in [0, 0.05) is 25.3 Å². The Kier molecular flexibility index (Phi) is 5.26. The van der Waals surface area contributed by atoms with E-state index in [4.69, 9.17) is 0 Å². The minimum absolute atomic E-state index is 0.888. The molecule has 0 aliphatic rings. The Labute approximate surface area is 98.9 Å². The minimum atomic E-state index is 0.888. The van der Waals surface area contributed by atoms with Crippen molar-refractivity contribution < 1.29 is 0 Å². The average Bonchev–Trinajstić information content (AvgIpc) is 2.29. The van der Waals surface area contributed by atoms with Crippen LogP contribution in [0.25, 0.3) is 0 Å². The summed E-state index contributed by atoms with van der Waals surface area (Å²) >= 11 is 0. The number of aromatic nitrogens is 1. The molecule has 90 valence electrons. The van der Waals surface area contributed by atoms with Gasteiger partial charge in [-0.15, -0.1) is 0 Å². The third kappa shape index (κ3) is 3.20. The van der Waals surface area contributed by atoms with Gasteiger partial charge in [-0.3, -0.25) is 0 Å². The lowest BCUT2D eigenvalue weighted by Gasteiger charge is -2.22. The molecule has 1 rings (SSSR count). The maximum atomic E-state index is 4.67. The van der Waals surface area contributed by atoms with E-state index < -0.39 is 0 Å². The van der Waals surface area contributed by atoms with E-state index in [0.29, 0.717) is 0 Å². The van der Waals surface area contributed by atoms with Crippen molar-refractivity contribution in [3.05, 3.63) is 23.4 Å². The molecule has 1 aromatic rings. The number of rotatable bonds is 6. The Morgan fingerprint density at radius 1 is 1.31 bits per heavy atom. The van der Waals surface area contributed by atoms with E-state index in [1.54, 1.807) is 0 Å². The number of hydrogen-bond acceptors (Lipinski definition) is 3. The normalized spacial score (nSPS) is 10.5. The first-order valence-corrected chi connectivity index (χ1v) is 6.09. The van der Waals surface area contributed by atoms with Gasteiger partial charge in [-0.1, -0.05) is 13.0 Å². The Balaban J connectivity index is 2.85. The highest BCUT2D eigenvalue weighted by Crippen LogP contribution is 2.15. The van der Waals surface area contributed by atoms with Gasteiger partial charge in [-0.25, -0.2) is 4.98 Å². The van der Waals surface area contributed by atoms with E-state index in [1.165, 1.54) is 5.56 Å². The van der Waals surface area contributed by atoms with Crippen molar-refractivity contribution in [2.24, 2.45) is 0 Å². The van der Waals surface area contributed by atoms with Crippen molar-refractivity contribution in [3.8, 4) is 0 Å². The number of anilines is 1. The maximum Gasteiger partial charge on any atom is 0.128 e. The minimum Gasteiger partial charge on any atom is -0.357 e. The number of pyridine rings is 1. The van der Waals surface area contributed by atoms with Crippen LogP contribution in [0, 0.1) is 6.92 Å². The third-order valence-corrected chi connectivity index (χ3v) is 2.75. The summed E-state index contributed by atoms with van der Waals surface area (Å²) in [6.45, 7) is 9.44. The Morgan fingerprint density at radius 3 is 2.56 bits per heavy atom. The number of nitrogens with zero attached hydrogens (tertiary/aromatic N) is 2. The van der Waals surface area contributed by atoms with Crippen molar-refractivity contribution in [1.82, 2.24) is 10.3 Å². The fraction of sp³-hybridized carbons (Fsp3) is 0.615. The molecule has 0 atom stereocenters. The Hall–Kier alpha value is -1.09. The van der Waals surface area contributed by atoms with E-state index in [-0.39, 0.29) is 0 Å². The highest BCUT2D eigenvalue weighted by Gasteiger charge is 2.06. The molecule has 3 heteroatoms. The van der Waals surface area contributed by atoms with Gasteiger partial charge in [0.25, 0.3) is 0 Å². The fourth-order valence-electron chi connectivity index (χ4n) is 1.83. The monoisotopic (exact) mass is 221 g/mol. The molecule has 0 fully saturated rings. The lowest BCUT2D eigenvalue weighted by atomic mass is 10.2. The Bertz CT molecular complexity index is 323. The van der Waals surface area contributed by atoms with Crippen molar-refractivity contribution in [2.75, 3.05) is 25.0 Å². The summed E-state index contributed by atoms with van der Waals surface area (Å²) in [5.41, 5.74) is 2.40. The van der Waals surface area contributed by atoms with Crippen LogP contribution in [-0.4, -0.2) is 25.1 Å². The first-order chi connectivity index (χ1) is 7.72. The first kappa shape index (κ1) is 13.0. The van der Waals surface area contributed by atoms with Crippen LogP contribution in [-0.2, 0) is 6.54 Å². The van der Waals surface area contributed by atoms with Crippen LogP contribution < -0.4 is 10.2 Å². The van der Waals surface area contributed by atoms with Gasteiger partial charge in [0.1, 0.15) is 5.82 Å². The molecule has 16 heavy (non-hydrogen) atoms. The van der Waals surface area contributed by atoms with Crippen LogP contribution in [0.3, 0.4) is 0 Å². The van der Waals surface area contributed by atoms with Gasteiger partial charge >= 0.3 is 0 Å². The summed E-state index contributed by atoms with van der Waals surface area (Å²) in [6, 6.07) is 4.30. The predicted molar refractivity (Wildman–Crippen MR) is 69.9 cm³/mol. The molecule has 0 aliphatic carbocycles. The molecular weight excluding hydrogens is 198 g/mol. The Morgan fingerprint density at radius 2 is 2.06 bits per heavy atom. The standard InChI is InChI=1S/C13H23N3/c1-5-9-16(6-2)13-8-7-12(10-14-4)11(3)15-13/h7-8,14H,5-6,9-10H2,1-4H3. The molecule has 3 nitrogen and oxygen atoms in total. The van der Waals surface area contributed by atoms with Crippen LogP contribution in [0.4, 0.5) is 5.82 Å². The topological polar surface area (TPSA) is 28.2 Å². The van der Waals surface area contributed by atoms with Crippen LogP contribution in [0.5, 0.6) is 0 Å². The summed E-state index contributed by atoms with van der Waals surface area (Å²) in [5.74, 6) is 1.10. The molecule has 0 radical (unpaired) electrons. The zero-order valence-corrected chi connectivity index (χ0v) is 10.9. The van der Waals surface area contributed by atoms with Gasteiger partial charge in [0.15, 0.2) is 0 Å². The van der Waals surface area contributed by atoms with Crippen molar-refractivity contribution in [2.45, 2.75) is 33.7 Å². The summed E-state index contributed by atoms with van der Waals surface area (Å²) in [5, 5.41) is 3.16. The second-order valence-corrected chi connectivity index (χ2v) is 4.02. The number of hydrogen-bond donors (Lipinski definition) is 1. The molecular formula is C13H23N3. The lowest BCUT2D eigenvalue weighted by molar-refractivity contribution is 0.767. The number of aryl methyl sites for hydroxylation is 1.